The molecule has 0 radical (unpaired) electrons. The minimum absolute atomic E-state index is 0.193. The van der Waals surface area contributed by atoms with Crippen molar-refractivity contribution in [3.8, 4) is 0 Å². The third-order valence-electron chi connectivity index (χ3n) is 6.02. The number of carbonyl (C=O) groups excluding carboxylic acids is 3. The zero-order valence-electron chi connectivity index (χ0n) is 22.3. The van der Waals surface area contributed by atoms with Gasteiger partial charge in [-0.1, -0.05) is 60.7 Å². The van der Waals surface area contributed by atoms with Gasteiger partial charge in [0.25, 0.3) is 0 Å². The number of carboxylic acids is 1. The Morgan fingerprint density at radius 1 is 0.692 bits per heavy atom. The smallest absolute Gasteiger partial charge is 0.326 e. The predicted octanol–water partition coefficient (Wildman–Crippen LogP) is 1.84. The molecule has 0 saturated heterocycles. The highest BCUT2D eigenvalue weighted by atomic mass is 32.2. The first-order valence-electron chi connectivity index (χ1n) is 12.7. The lowest BCUT2D eigenvalue weighted by Gasteiger charge is -2.25. The number of nitrogens with one attached hydrogen (secondary N) is 3. The highest BCUT2D eigenvalue weighted by Crippen LogP contribution is 2.09. The highest BCUT2D eigenvalue weighted by molar-refractivity contribution is 7.98. The van der Waals surface area contributed by atoms with Crippen LogP contribution < -0.4 is 21.7 Å². The Kier molecular flexibility index (Phi) is 14.5. The average molecular weight is 575 g/mol. The summed E-state index contributed by atoms with van der Waals surface area (Å²) in [5, 5.41) is 17.6. The second-order valence-electron chi connectivity index (χ2n) is 9.07. The van der Waals surface area contributed by atoms with E-state index in [2.05, 4.69) is 16.0 Å². The van der Waals surface area contributed by atoms with Crippen LogP contribution >= 0.6 is 23.5 Å². The SMILES string of the molecule is CSCCC(NC(=O)C(CCSC)NC(=O)C(Cc1ccccc1)NC(=O)C(N)Cc1ccccc1)C(=O)O. The van der Waals surface area contributed by atoms with Crippen molar-refractivity contribution in [2.24, 2.45) is 5.73 Å². The van der Waals surface area contributed by atoms with E-state index < -0.39 is 47.9 Å². The van der Waals surface area contributed by atoms with Gasteiger partial charge in [-0.25, -0.2) is 4.79 Å². The van der Waals surface area contributed by atoms with Gasteiger partial charge in [0.1, 0.15) is 18.1 Å². The van der Waals surface area contributed by atoms with Crippen LogP contribution in [0.15, 0.2) is 60.7 Å². The Morgan fingerprint density at radius 2 is 1.13 bits per heavy atom. The second kappa shape index (κ2) is 17.5. The van der Waals surface area contributed by atoms with Crippen molar-refractivity contribution in [2.45, 2.75) is 49.9 Å². The van der Waals surface area contributed by atoms with Crippen LogP contribution in [0.3, 0.4) is 0 Å². The van der Waals surface area contributed by atoms with E-state index in [0.29, 0.717) is 24.3 Å². The van der Waals surface area contributed by atoms with Gasteiger partial charge in [-0.05, 0) is 54.4 Å². The number of carboxylic acid groups (broad SMARTS) is 1. The molecule has 0 fully saturated rings. The number of aliphatic carboxylic acids is 1. The first kappa shape index (κ1) is 32.2. The number of thioether (sulfide) groups is 2. The van der Waals surface area contributed by atoms with Crippen molar-refractivity contribution < 1.29 is 24.3 Å². The largest absolute Gasteiger partial charge is 0.480 e. The van der Waals surface area contributed by atoms with E-state index in [1.165, 1.54) is 23.5 Å². The standard InChI is InChI=1S/C28H38N4O5S2/c1-38-15-13-22(26(34)31-23(28(36)37)14-16-39-2)30-27(35)24(18-20-11-7-4-8-12-20)32-25(33)21(29)17-19-9-5-3-6-10-19/h3-12,21-24H,13-18,29H2,1-2H3,(H,30,35)(H,31,34)(H,32,33)(H,36,37). The van der Waals surface area contributed by atoms with Crippen molar-refractivity contribution >= 4 is 47.2 Å². The zero-order valence-corrected chi connectivity index (χ0v) is 23.9. The van der Waals surface area contributed by atoms with Gasteiger partial charge >= 0.3 is 5.97 Å². The minimum Gasteiger partial charge on any atom is -0.480 e. The molecular weight excluding hydrogens is 536 g/mol. The molecular formula is C28H38N4O5S2. The van der Waals surface area contributed by atoms with E-state index >= 15 is 0 Å². The van der Waals surface area contributed by atoms with Crippen LogP contribution in [0.1, 0.15) is 24.0 Å². The summed E-state index contributed by atoms with van der Waals surface area (Å²) >= 11 is 2.99. The number of amides is 3. The predicted molar refractivity (Wildman–Crippen MR) is 158 cm³/mol. The molecule has 0 aliphatic heterocycles. The second-order valence-corrected chi connectivity index (χ2v) is 11.0. The van der Waals surface area contributed by atoms with Gasteiger partial charge in [0.15, 0.2) is 0 Å². The van der Waals surface area contributed by atoms with Gasteiger partial charge in [0.05, 0.1) is 6.04 Å². The molecule has 9 nitrogen and oxygen atoms in total. The van der Waals surface area contributed by atoms with E-state index in [9.17, 15) is 24.3 Å². The van der Waals surface area contributed by atoms with E-state index in [4.69, 9.17) is 5.73 Å². The third kappa shape index (κ3) is 11.7. The maximum atomic E-state index is 13.5. The molecule has 0 saturated carbocycles. The van der Waals surface area contributed by atoms with Crippen molar-refractivity contribution in [2.75, 3.05) is 24.0 Å². The maximum Gasteiger partial charge on any atom is 0.326 e. The quantitative estimate of drug-likeness (QED) is 0.192. The van der Waals surface area contributed by atoms with Crippen LogP contribution in [0.25, 0.3) is 0 Å². The molecule has 0 spiro atoms. The number of hydrogen-bond donors (Lipinski definition) is 5. The Hall–Kier alpha value is -3.02. The summed E-state index contributed by atoms with van der Waals surface area (Å²) in [6.45, 7) is 0. The van der Waals surface area contributed by atoms with E-state index in [1.807, 2.05) is 73.2 Å². The zero-order chi connectivity index (χ0) is 28.6. The molecule has 4 unspecified atom stereocenters. The summed E-state index contributed by atoms with van der Waals surface area (Å²) in [6, 6.07) is 14.7. The Bertz CT molecular complexity index is 1060. The van der Waals surface area contributed by atoms with Gasteiger partial charge in [-0.2, -0.15) is 23.5 Å². The lowest BCUT2D eigenvalue weighted by atomic mass is 10.0. The molecule has 0 heterocycles. The topological polar surface area (TPSA) is 151 Å². The molecule has 2 aromatic rings. The molecule has 0 aliphatic carbocycles. The molecule has 11 heteroatoms. The molecule has 3 amide bonds. The third-order valence-corrected chi connectivity index (χ3v) is 7.31. The summed E-state index contributed by atoms with van der Waals surface area (Å²) in [7, 11) is 0. The van der Waals surface area contributed by atoms with Gasteiger partial charge in [-0.15, -0.1) is 0 Å². The number of benzene rings is 2. The lowest BCUT2D eigenvalue weighted by Crippen LogP contribution is -2.58. The first-order chi connectivity index (χ1) is 18.7. The summed E-state index contributed by atoms with van der Waals surface area (Å²) in [5.74, 6) is -1.60. The van der Waals surface area contributed by atoms with Gasteiger partial charge in [0, 0.05) is 6.42 Å². The van der Waals surface area contributed by atoms with Crippen LogP contribution in [0.5, 0.6) is 0 Å². The summed E-state index contributed by atoms with van der Waals surface area (Å²) in [6.07, 6.45) is 4.79. The van der Waals surface area contributed by atoms with Crippen LogP contribution in [0.2, 0.25) is 0 Å². The molecule has 212 valence electrons. The van der Waals surface area contributed by atoms with Crippen molar-refractivity contribution in [3.63, 3.8) is 0 Å². The number of nitrogens with two attached hydrogens (primary N) is 1. The molecule has 0 bridgehead atoms. The van der Waals surface area contributed by atoms with E-state index in [-0.39, 0.29) is 12.8 Å². The highest BCUT2D eigenvalue weighted by Gasteiger charge is 2.30. The normalized spacial score (nSPS) is 13.9. The summed E-state index contributed by atoms with van der Waals surface area (Å²) < 4.78 is 0. The van der Waals surface area contributed by atoms with Crippen LogP contribution in [0.4, 0.5) is 0 Å². The van der Waals surface area contributed by atoms with Gasteiger partial charge in [-0.3, -0.25) is 14.4 Å². The molecule has 2 aromatic carbocycles. The molecule has 39 heavy (non-hydrogen) atoms. The molecule has 2 rings (SSSR count). The maximum absolute atomic E-state index is 13.5. The Morgan fingerprint density at radius 3 is 1.64 bits per heavy atom. The minimum atomic E-state index is -1.13. The van der Waals surface area contributed by atoms with Crippen LogP contribution in [-0.2, 0) is 32.0 Å². The monoisotopic (exact) mass is 574 g/mol. The molecule has 0 aromatic heterocycles. The fraction of sp³-hybridized carbons (Fsp3) is 0.429. The van der Waals surface area contributed by atoms with E-state index in [1.54, 1.807) is 0 Å². The molecule has 4 atom stereocenters. The summed E-state index contributed by atoms with van der Waals surface area (Å²) in [4.78, 5) is 51.2. The van der Waals surface area contributed by atoms with Crippen molar-refractivity contribution in [3.05, 3.63) is 71.8 Å². The van der Waals surface area contributed by atoms with E-state index in [0.717, 1.165) is 11.1 Å². The number of carbonyl (C=O) groups is 4. The lowest BCUT2D eigenvalue weighted by molar-refractivity contribution is -0.142. The van der Waals surface area contributed by atoms with Crippen LogP contribution in [-0.4, -0.2) is 77.0 Å². The first-order valence-corrected chi connectivity index (χ1v) is 15.5. The number of hydrogen-bond acceptors (Lipinski definition) is 7. The Labute approximate surface area is 238 Å². The van der Waals surface area contributed by atoms with Gasteiger partial charge in [0.2, 0.25) is 17.7 Å². The molecule has 6 N–H and O–H groups in total. The van der Waals surface area contributed by atoms with Crippen molar-refractivity contribution in [1.29, 1.82) is 0 Å². The van der Waals surface area contributed by atoms with Crippen LogP contribution in [0, 0.1) is 0 Å². The fourth-order valence-corrected chi connectivity index (χ4v) is 4.78. The summed E-state index contributed by atoms with van der Waals surface area (Å²) in [5.41, 5.74) is 7.88. The Balaban J connectivity index is 2.18. The van der Waals surface area contributed by atoms with Gasteiger partial charge < -0.3 is 26.8 Å². The van der Waals surface area contributed by atoms with Crippen molar-refractivity contribution in [1.82, 2.24) is 16.0 Å². The number of rotatable bonds is 17. The molecule has 0 aliphatic rings. The fourth-order valence-electron chi connectivity index (χ4n) is 3.84. The average Bonchev–Trinajstić information content (AvgIpc) is 2.93.